The zero-order valence-electron chi connectivity index (χ0n) is 35.7. The number of hydrogen-bond acceptors (Lipinski definition) is 13. The zero-order valence-corrected chi connectivity index (χ0v) is 35.7. The number of rotatable bonds is 24. The van der Waals surface area contributed by atoms with Gasteiger partial charge in [0.2, 0.25) is 5.79 Å². The number of benzene rings is 3. The topological polar surface area (TPSA) is 175 Å². The molecule has 2 aliphatic carbocycles. The molecule has 14 nitrogen and oxygen atoms in total. The normalized spacial score (nSPS) is 23.0. The van der Waals surface area contributed by atoms with Gasteiger partial charge >= 0.3 is 6.09 Å². The third-order valence-electron chi connectivity index (χ3n) is 12.0. The number of fused-ring (bicyclic) bond motifs is 2. The Kier molecular flexibility index (Phi) is 17.0. The number of allylic oxidation sites excluding steroid dienone is 1. The van der Waals surface area contributed by atoms with E-state index in [1.807, 2.05) is 42.5 Å². The van der Waals surface area contributed by atoms with Gasteiger partial charge in [-0.15, -0.1) is 6.58 Å². The Morgan fingerprint density at radius 3 is 2.42 bits per heavy atom. The second kappa shape index (κ2) is 22.7. The fourth-order valence-electron chi connectivity index (χ4n) is 9.30. The first-order chi connectivity index (χ1) is 30.4. The molecule has 0 unspecified atom stereocenters. The lowest BCUT2D eigenvalue weighted by Crippen LogP contribution is -2.70. The molecule has 3 aliphatic rings. The third kappa shape index (κ3) is 10.5. The Labute approximate surface area is 363 Å². The van der Waals surface area contributed by atoms with E-state index in [1.165, 1.54) is 14.2 Å². The molecule has 334 valence electrons. The number of carbonyl (C=O) groups is 2. The molecule has 0 radical (unpaired) electrons. The van der Waals surface area contributed by atoms with Crippen LogP contribution in [0.15, 0.2) is 96.2 Å². The van der Waals surface area contributed by atoms with Crippen molar-refractivity contribution in [3.8, 4) is 23.0 Å². The highest BCUT2D eigenvalue weighted by Gasteiger charge is 2.65. The second-order valence-electron chi connectivity index (χ2n) is 15.7. The molecule has 14 heteroatoms. The van der Waals surface area contributed by atoms with Gasteiger partial charge in [0.25, 0.3) is 0 Å². The second-order valence-corrected chi connectivity index (χ2v) is 15.7. The van der Waals surface area contributed by atoms with Crippen LogP contribution >= 0.6 is 0 Å². The molecule has 3 N–H and O–H groups in total. The minimum atomic E-state index is -1.51. The van der Waals surface area contributed by atoms with Gasteiger partial charge in [0, 0.05) is 37.7 Å². The van der Waals surface area contributed by atoms with Crippen molar-refractivity contribution >= 4 is 18.1 Å². The number of unbranched alkanes of at least 4 members (excludes halogenated alkanes) is 2. The van der Waals surface area contributed by atoms with Crippen molar-refractivity contribution in [1.82, 2.24) is 4.90 Å². The summed E-state index contributed by atoms with van der Waals surface area (Å²) < 4.78 is 37.2. The lowest BCUT2D eigenvalue weighted by molar-refractivity contribution is -0.255. The summed E-state index contributed by atoms with van der Waals surface area (Å²) in [5, 5.41) is 34.2. The first-order valence-corrected chi connectivity index (χ1v) is 21.4. The van der Waals surface area contributed by atoms with Gasteiger partial charge in [-0.2, -0.15) is 0 Å². The Bertz CT molecular complexity index is 2010. The Morgan fingerprint density at radius 1 is 0.952 bits per heavy atom. The van der Waals surface area contributed by atoms with Crippen LogP contribution in [-0.2, 0) is 25.7 Å². The van der Waals surface area contributed by atoms with Crippen LogP contribution in [0.4, 0.5) is 4.79 Å². The van der Waals surface area contributed by atoms with Gasteiger partial charge in [-0.3, -0.25) is 9.69 Å². The monoisotopic (exact) mass is 856 g/mol. The maximum Gasteiger partial charge on any atom is 0.410 e. The van der Waals surface area contributed by atoms with Crippen molar-refractivity contribution in [2.45, 2.75) is 69.3 Å². The molecule has 0 aromatic heterocycles. The number of methoxy groups -OCH3 is 2. The molecule has 1 amide bonds. The van der Waals surface area contributed by atoms with Gasteiger partial charge in [0.15, 0.2) is 6.29 Å². The molecule has 62 heavy (non-hydrogen) atoms. The number of oxime groups is 1. The summed E-state index contributed by atoms with van der Waals surface area (Å²) in [5.74, 6) is -0.460. The zero-order chi connectivity index (χ0) is 43.9. The van der Waals surface area contributed by atoms with E-state index < -0.39 is 23.8 Å². The summed E-state index contributed by atoms with van der Waals surface area (Å²) in [6.07, 6.45) is 8.50. The molecule has 0 bridgehead atoms. The maximum atomic E-state index is 14.0. The van der Waals surface area contributed by atoms with Crippen LogP contribution < -0.4 is 14.2 Å². The molecule has 1 saturated carbocycles. The van der Waals surface area contributed by atoms with Crippen LogP contribution in [0.25, 0.3) is 0 Å². The summed E-state index contributed by atoms with van der Waals surface area (Å²) in [7, 11) is 2.83. The maximum absolute atomic E-state index is 14.0. The van der Waals surface area contributed by atoms with Crippen LogP contribution in [0.3, 0.4) is 0 Å². The van der Waals surface area contributed by atoms with Crippen molar-refractivity contribution in [2.24, 2.45) is 22.9 Å². The molecular formula is C48H60N2O12. The third-order valence-corrected chi connectivity index (χ3v) is 12.0. The molecular weight excluding hydrogens is 797 g/mol. The van der Waals surface area contributed by atoms with E-state index >= 15 is 0 Å². The minimum absolute atomic E-state index is 0.0142. The Balaban J connectivity index is 1.57. The number of ether oxygens (including phenoxy) is 6. The summed E-state index contributed by atoms with van der Waals surface area (Å²) in [6, 6.07) is 19.6. The minimum Gasteiger partial charge on any atom is -0.496 e. The van der Waals surface area contributed by atoms with Crippen LogP contribution in [0.5, 0.6) is 23.0 Å². The Morgan fingerprint density at radius 2 is 1.71 bits per heavy atom. The standard InChI is InChI=1S/C48H60N2O12/c1-4-24-59-48-44(50(47(55)57-3)20-25-58-26-23-53)30-41(49-60-32-33-12-6-5-7-13-33)39-28-34(14-8-10-21-51)38(15-9-11-22-52)45(46(39)48)40-29-37(17-19-43(40)62-48)61-36-16-18-42(56-2)35(27-36)31-54/h4-7,12-13,16-19,27-29,31,34,38,44-46,51-53H,1,8-11,14-15,20-26,30,32H2,2-3H3/t34-,38+,44-,45+,46+,48+/m0/s1. The van der Waals surface area contributed by atoms with E-state index in [-0.39, 0.29) is 77.0 Å². The summed E-state index contributed by atoms with van der Waals surface area (Å²) in [6.45, 7) is 4.50. The molecule has 6 rings (SSSR count). The summed E-state index contributed by atoms with van der Waals surface area (Å²) >= 11 is 0. The van der Waals surface area contributed by atoms with Crippen molar-refractivity contribution in [2.75, 3.05) is 60.4 Å². The first-order valence-electron chi connectivity index (χ1n) is 21.4. The Hall–Kier alpha value is -5.25. The quantitative estimate of drug-likeness (QED) is 0.0358. The summed E-state index contributed by atoms with van der Waals surface area (Å²) in [5.41, 5.74) is 3.65. The van der Waals surface area contributed by atoms with Crippen molar-refractivity contribution in [3.05, 3.63) is 108 Å². The number of hydrogen-bond donors (Lipinski definition) is 3. The van der Waals surface area contributed by atoms with Crippen molar-refractivity contribution in [1.29, 1.82) is 0 Å². The molecule has 1 heterocycles. The van der Waals surface area contributed by atoms with E-state index in [0.717, 1.165) is 48.7 Å². The number of amides is 1. The molecule has 1 fully saturated rings. The fourth-order valence-corrected chi connectivity index (χ4v) is 9.30. The highest BCUT2D eigenvalue weighted by atomic mass is 16.7. The molecule has 0 saturated heterocycles. The van der Waals surface area contributed by atoms with Crippen LogP contribution in [-0.4, -0.2) is 111 Å². The number of aliphatic hydroxyl groups excluding tert-OH is 3. The van der Waals surface area contributed by atoms with Gasteiger partial charge in [-0.05, 0) is 85.1 Å². The number of carbonyl (C=O) groups excluding carboxylic acids is 2. The van der Waals surface area contributed by atoms with Gasteiger partial charge in [-0.1, -0.05) is 60.5 Å². The highest BCUT2D eigenvalue weighted by molar-refractivity contribution is 6.03. The van der Waals surface area contributed by atoms with Crippen molar-refractivity contribution < 1.29 is 58.2 Å². The van der Waals surface area contributed by atoms with E-state index in [1.54, 1.807) is 35.2 Å². The van der Waals surface area contributed by atoms with E-state index in [9.17, 15) is 24.9 Å². The van der Waals surface area contributed by atoms with Gasteiger partial charge < -0.3 is 48.6 Å². The lowest BCUT2D eigenvalue weighted by atomic mass is 9.55. The van der Waals surface area contributed by atoms with Crippen LogP contribution in [0.2, 0.25) is 0 Å². The molecule has 1 aliphatic heterocycles. The SMILES string of the molecule is C=CCO[C@@]12Oc3ccc(Oc4ccc(OC)c(C=O)c4)cc3[C@H]3[C@H](CCCCO)[C@@H](CCCCO)C=C(C(=NOCc4ccccc4)C[C@@H]1N(CCOCCO)C(=O)OC)[C@H]32. The summed E-state index contributed by atoms with van der Waals surface area (Å²) in [4.78, 5) is 33.6. The van der Waals surface area contributed by atoms with Crippen LogP contribution in [0.1, 0.15) is 72.3 Å². The highest BCUT2D eigenvalue weighted by Crippen LogP contribution is 2.62. The number of aldehydes is 1. The molecule has 0 spiro atoms. The van der Waals surface area contributed by atoms with E-state index in [2.05, 4.69) is 12.7 Å². The lowest BCUT2D eigenvalue weighted by Gasteiger charge is -2.59. The average Bonchev–Trinajstić information content (AvgIpc) is 3.30. The molecule has 3 aromatic rings. The largest absolute Gasteiger partial charge is 0.496 e. The molecule has 3 aromatic carbocycles. The average molecular weight is 857 g/mol. The number of nitrogens with zero attached hydrogens (tertiary/aromatic N) is 2. The van der Waals surface area contributed by atoms with E-state index in [4.69, 9.17) is 38.4 Å². The van der Waals surface area contributed by atoms with Crippen LogP contribution in [0, 0.1) is 17.8 Å². The van der Waals surface area contributed by atoms with Gasteiger partial charge in [0.05, 0.1) is 57.8 Å². The van der Waals surface area contributed by atoms with Gasteiger partial charge in [0.1, 0.15) is 35.6 Å². The smallest absolute Gasteiger partial charge is 0.410 e. The number of aliphatic hydroxyl groups is 3. The molecule has 6 atom stereocenters. The predicted octanol–water partition coefficient (Wildman–Crippen LogP) is 7.21. The first kappa shape index (κ1) is 46.3. The predicted molar refractivity (Wildman–Crippen MR) is 232 cm³/mol. The fraction of sp³-hybridized carbons (Fsp3) is 0.479. The van der Waals surface area contributed by atoms with E-state index in [0.29, 0.717) is 47.1 Å². The van der Waals surface area contributed by atoms with Gasteiger partial charge in [-0.25, -0.2) is 4.79 Å². The van der Waals surface area contributed by atoms with Crippen molar-refractivity contribution in [3.63, 3.8) is 0 Å².